The second-order valence-electron chi connectivity index (χ2n) is 6.97. The van der Waals surface area contributed by atoms with Gasteiger partial charge in [-0.25, -0.2) is 15.0 Å². The van der Waals surface area contributed by atoms with Crippen molar-refractivity contribution >= 4 is 22.6 Å². The van der Waals surface area contributed by atoms with Crippen LogP contribution in [-0.2, 0) is 11.2 Å². The molecule has 1 amide bonds. The average Bonchev–Trinajstić information content (AvgIpc) is 2.70. The van der Waals surface area contributed by atoms with E-state index in [0.717, 1.165) is 16.7 Å². The van der Waals surface area contributed by atoms with Gasteiger partial charge < -0.3 is 14.8 Å². The zero-order chi connectivity index (χ0) is 19.7. The van der Waals surface area contributed by atoms with Crippen molar-refractivity contribution in [2.75, 3.05) is 31.1 Å². The Hall–Kier alpha value is -3.29. The van der Waals surface area contributed by atoms with E-state index >= 15 is 0 Å². The van der Waals surface area contributed by atoms with E-state index in [1.807, 2.05) is 24.3 Å². The predicted octanol–water partition coefficient (Wildman–Crippen LogP) is 1.22. The van der Waals surface area contributed by atoms with Crippen molar-refractivity contribution in [1.29, 1.82) is 0 Å². The minimum absolute atomic E-state index is 0.0496. The second-order valence-corrected chi connectivity index (χ2v) is 6.97. The average molecular weight is 378 g/mol. The predicted molar refractivity (Wildman–Crippen MR) is 106 cm³/mol. The molecule has 0 unspecified atom stereocenters. The molecule has 144 valence electrons. The molecule has 2 aromatic heterocycles. The van der Waals surface area contributed by atoms with Crippen LogP contribution in [0.3, 0.4) is 0 Å². The Labute approximate surface area is 162 Å². The third-order valence-corrected chi connectivity index (χ3v) is 5.12. The molecular formula is C20H22N6O2. The van der Waals surface area contributed by atoms with E-state index < -0.39 is 0 Å². The second kappa shape index (κ2) is 7.38. The van der Waals surface area contributed by atoms with Crippen LogP contribution in [0.2, 0.25) is 0 Å². The monoisotopic (exact) mass is 378 g/mol. The summed E-state index contributed by atoms with van der Waals surface area (Å²) >= 11 is 0. The molecule has 3 heterocycles. The Morgan fingerprint density at radius 2 is 1.86 bits per heavy atom. The number of aryl methyl sites for hydroxylation is 2. The fraction of sp³-hybridized carbons (Fsp3) is 0.350. The van der Waals surface area contributed by atoms with Crippen LogP contribution in [0.15, 0.2) is 35.4 Å². The van der Waals surface area contributed by atoms with Crippen LogP contribution in [0.25, 0.3) is 10.9 Å². The largest absolute Gasteiger partial charge is 0.352 e. The Kier molecular flexibility index (Phi) is 4.77. The van der Waals surface area contributed by atoms with E-state index in [0.29, 0.717) is 43.3 Å². The van der Waals surface area contributed by atoms with Gasteiger partial charge in [0.15, 0.2) is 0 Å². The van der Waals surface area contributed by atoms with Gasteiger partial charge in [-0.15, -0.1) is 0 Å². The van der Waals surface area contributed by atoms with Crippen molar-refractivity contribution in [1.82, 2.24) is 24.8 Å². The van der Waals surface area contributed by atoms with E-state index in [1.165, 1.54) is 0 Å². The smallest absolute Gasteiger partial charge is 0.254 e. The van der Waals surface area contributed by atoms with E-state index in [4.69, 9.17) is 0 Å². The number of nitrogens with one attached hydrogen (secondary N) is 1. The standard InChI is InChI=1S/C20H22N6O2/c1-13-16(20(28)24-14(2)23-13)11-18(27)25-7-9-26(10-8-25)19-15-5-3-4-6-17(15)21-12-22-19/h3-6,12H,7-11H2,1-2H3,(H,23,24,28). The van der Waals surface area contributed by atoms with Gasteiger partial charge in [0.05, 0.1) is 11.9 Å². The molecule has 28 heavy (non-hydrogen) atoms. The Morgan fingerprint density at radius 1 is 1.11 bits per heavy atom. The lowest BCUT2D eigenvalue weighted by molar-refractivity contribution is -0.130. The van der Waals surface area contributed by atoms with Crippen LogP contribution in [0.4, 0.5) is 5.82 Å². The van der Waals surface area contributed by atoms with E-state index in [9.17, 15) is 9.59 Å². The molecule has 4 rings (SSSR count). The number of piperazine rings is 1. The highest BCUT2D eigenvalue weighted by molar-refractivity contribution is 5.89. The van der Waals surface area contributed by atoms with Gasteiger partial charge in [0.2, 0.25) is 5.91 Å². The van der Waals surface area contributed by atoms with Gasteiger partial charge in [0.25, 0.3) is 5.56 Å². The summed E-state index contributed by atoms with van der Waals surface area (Å²) in [6, 6.07) is 7.92. The first kappa shape index (κ1) is 18.1. The molecule has 0 saturated carbocycles. The van der Waals surface area contributed by atoms with E-state index in [2.05, 4.69) is 24.8 Å². The van der Waals surface area contributed by atoms with Crippen LogP contribution in [0, 0.1) is 13.8 Å². The number of anilines is 1. The fourth-order valence-corrected chi connectivity index (χ4v) is 3.63. The van der Waals surface area contributed by atoms with Crippen LogP contribution in [0.5, 0.6) is 0 Å². The summed E-state index contributed by atoms with van der Waals surface area (Å²) in [7, 11) is 0. The quantitative estimate of drug-likeness (QED) is 0.736. The van der Waals surface area contributed by atoms with Crippen LogP contribution in [-0.4, -0.2) is 56.9 Å². The Bertz CT molecular complexity index is 1080. The van der Waals surface area contributed by atoms with Gasteiger partial charge in [-0.05, 0) is 26.0 Å². The molecule has 0 spiro atoms. The molecule has 1 aliphatic rings. The maximum Gasteiger partial charge on any atom is 0.254 e. The first-order valence-corrected chi connectivity index (χ1v) is 9.32. The number of H-pyrrole nitrogens is 1. The number of hydrogen-bond acceptors (Lipinski definition) is 6. The summed E-state index contributed by atoms with van der Waals surface area (Å²) in [5.41, 5.74) is 1.73. The summed E-state index contributed by atoms with van der Waals surface area (Å²) < 4.78 is 0. The van der Waals surface area contributed by atoms with Gasteiger partial charge >= 0.3 is 0 Å². The topological polar surface area (TPSA) is 95.1 Å². The summed E-state index contributed by atoms with van der Waals surface area (Å²) in [4.78, 5) is 44.6. The number of benzene rings is 1. The van der Waals surface area contributed by atoms with Gasteiger partial charge in [-0.1, -0.05) is 12.1 Å². The van der Waals surface area contributed by atoms with Crippen molar-refractivity contribution in [2.24, 2.45) is 0 Å². The zero-order valence-corrected chi connectivity index (χ0v) is 16.0. The molecular weight excluding hydrogens is 356 g/mol. The summed E-state index contributed by atoms with van der Waals surface area (Å²) in [6.07, 6.45) is 1.65. The van der Waals surface area contributed by atoms with Crippen molar-refractivity contribution in [3.05, 3.63) is 58.0 Å². The first-order chi connectivity index (χ1) is 13.5. The molecule has 0 bridgehead atoms. The number of amides is 1. The molecule has 1 aromatic carbocycles. The lowest BCUT2D eigenvalue weighted by Gasteiger charge is -2.35. The Balaban J connectivity index is 1.45. The molecule has 3 aromatic rings. The van der Waals surface area contributed by atoms with Crippen molar-refractivity contribution < 1.29 is 4.79 Å². The third-order valence-electron chi connectivity index (χ3n) is 5.12. The van der Waals surface area contributed by atoms with Gasteiger partial charge in [-0.2, -0.15) is 0 Å². The van der Waals surface area contributed by atoms with Crippen molar-refractivity contribution in [3.63, 3.8) is 0 Å². The minimum atomic E-state index is -0.232. The number of carbonyl (C=O) groups excluding carboxylic acids is 1. The number of aromatic nitrogens is 4. The maximum atomic E-state index is 12.7. The zero-order valence-electron chi connectivity index (χ0n) is 16.0. The highest BCUT2D eigenvalue weighted by Gasteiger charge is 2.24. The summed E-state index contributed by atoms with van der Waals surface area (Å²) in [5, 5.41) is 1.01. The molecule has 0 atom stereocenters. The number of fused-ring (bicyclic) bond motifs is 1. The number of carbonyl (C=O) groups is 1. The molecule has 0 aliphatic carbocycles. The van der Waals surface area contributed by atoms with Gasteiger partial charge in [0.1, 0.15) is 18.0 Å². The van der Waals surface area contributed by atoms with Crippen LogP contribution in [0.1, 0.15) is 17.1 Å². The molecule has 1 fully saturated rings. The van der Waals surface area contributed by atoms with Crippen LogP contribution >= 0.6 is 0 Å². The molecule has 8 nitrogen and oxygen atoms in total. The lowest BCUT2D eigenvalue weighted by atomic mass is 10.1. The van der Waals surface area contributed by atoms with Crippen molar-refractivity contribution in [2.45, 2.75) is 20.3 Å². The van der Waals surface area contributed by atoms with Crippen LogP contribution < -0.4 is 10.5 Å². The first-order valence-electron chi connectivity index (χ1n) is 9.32. The Morgan fingerprint density at radius 3 is 2.61 bits per heavy atom. The fourth-order valence-electron chi connectivity index (χ4n) is 3.63. The van der Waals surface area contributed by atoms with Gasteiger partial charge in [-0.3, -0.25) is 9.59 Å². The molecule has 0 radical (unpaired) electrons. The van der Waals surface area contributed by atoms with Gasteiger partial charge in [0, 0.05) is 42.8 Å². The van der Waals surface area contributed by atoms with E-state index in [-0.39, 0.29) is 17.9 Å². The number of aromatic amines is 1. The molecule has 1 aliphatic heterocycles. The highest BCUT2D eigenvalue weighted by Crippen LogP contribution is 2.23. The minimum Gasteiger partial charge on any atom is -0.352 e. The number of hydrogen-bond donors (Lipinski definition) is 1. The maximum absolute atomic E-state index is 12.7. The number of para-hydroxylation sites is 1. The van der Waals surface area contributed by atoms with E-state index in [1.54, 1.807) is 25.1 Å². The molecule has 8 heteroatoms. The SMILES string of the molecule is Cc1nc(C)c(CC(=O)N2CCN(c3ncnc4ccccc34)CC2)c(=O)[nH]1. The normalized spacial score (nSPS) is 14.5. The summed E-state index contributed by atoms with van der Waals surface area (Å²) in [6.45, 7) is 6.06. The number of rotatable bonds is 3. The molecule has 1 N–H and O–H groups in total. The van der Waals surface area contributed by atoms with Crippen molar-refractivity contribution in [3.8, 4) is 0 Å². The molecule has 1 saturated heterocycles. The highest BCUT2D eigenvalue weighted by atomic mass is 16.2. The third kappa shape index (κ3) is 3.45. The lowest BCUT2D eigenvalue weighted by Crippen LogP contribution is -2.49. The number of nitrogens with zero attached hydrogens (tertiary/aromatic N) is 5. The summed E-state index contributed by atoms with van der Waals surface area (Å²) in [5.74, 6) is 1.41.